The van der Waals surface area contributed by atoms with Crippen molar-refractivity contribution in [2.24, 2.45) is 0 Å². The number of benzene rings is 1. The molecule has 1 aromatic carbocycles. The molecule has 25 heavy (non-hydrogen) atoms. The summed E-state index contributed by atoms with van der Waals surface area (Å²) in [5, 5.41) is 12.2. The summed E-state index contributed by atoms with van der Waals surface area (Å²) in [5.41, 5.74) is 2.27. The van der Waals surface area contributed by atoms with E-state index in [0.29, 0.717) is 6.42 Å². The molecule has 1 atom stereocenters. The first-order valence-electron chi connectivity index (χ1n) is 8.45. The van der Waals surface area contributed by atoms with Gasteiger partial charge >= 0.3 is 5.97 Å². The zero-order chi connectivity index (χ0) is 18.3. The number of hydrogen-bond donors (Lipinski definition) is 1. The highest BCUT2D eigenvalue weighted by atomic mass is 32.2. The summed E-state index contributed by atoms with van der Waals surface area (Å²) in [6, 6.07) is 8.47. The van der Waals surface area contributed by atoms with Crippen LogP contribution in [0.5, 0.6) is 0 Å². The molecule has 0 aliphatic carbocycles. The highest BCUT2D eigenvalue weighted by molar-refractivity contribution is 7.92. The second-order valence-electron chi connectivity index (χ2n) is 6.27. The summed E-state index contributed by atoms with van der Waals surface area (Å²) < 4.78 is 25.2. The van der Waals surface area contributed by atoms with Gasteiger partial charge in [-0.3, -0.25) is 4.79 Å². The average molecular weight is 381 g/mol. The molecule has 1 heterocycles. The number of unbranched alkanes of at least 4 members (excludes halogenated alkanes) is 3. The number of carboxylic acid groups (broad SMARTS) is 1. The van der Waals surface area contributed by atoms with E-state index in [1.165, 1.54) is 17.7 Å². The fraction of sp³-hybridized carbons (Fsp3) is 0.421. The van der Waals surface area contributed by atoms with Gasteiger partial charge in [0.2, 0.25) is 0 Å². The first-order chi connectivity index (χ1) is 11.9. The van der Waals surface area contributed by atoms with Crippen molar-refractivity contribution in [3.05, 3.63) is 52.2 Å². The Morgan fingerprint density at radius 1 is 1.08 bits per heavy atom. The number of hydrogen-bond acceptors (Lipinski definition) is 4. The Balaban J connectivity index is 1.85. The van der Waals surface area contributed by atoms with Crippen molar-refractivity contribution in [3.8, 4) is 0 Å². The molecule has 2 aromatic rings. The van der Waals surface area contributed by atoms with Gasteiger partial charge in [-0.05, 0) is 60.7 Å². The van der Waals surface area contributed by atoms with E-state index in [2.05, 4.69) is 16.8 Å². The maximum absolute atomic E-state index is 12.6. The molecule has 0 aliphatic heterocycles. The van der Waals surface area contributed by atoms with Gasteiger partial charge in [0.25, 0.3) is 0 Å². The van der Waals surface area contributed by atoms with Gasteiger partial charge in [0.15, 0.2) is 15.1 Å². The van der Waals surface area contributed by atoms with Gasteiger partial charge < -0.3 is 5.11 Å². The smallest absolute Gasteiger partial charge is 0.322 e. The molecule has 0 amide bonds. The lowest BCUT2D eigenvalue weighted by molar-refractivity contribution is -0.136. The number of carboxylic acids is 1. The lowest BCUT2D eigenvalue weighted by Crippen LogP contribution is -2.30. The van der Waals surface area contributed by atoms with Crippen molar-refractivity contribution < 1.29 is 18.3 Å². The molecule has 6 heteroatoms. The largest absolute Gasteiger partial charge is 0.480 e. The van der Waals surface area contributed by atoms with Crippen LogP contribution in [0.2, 0.25) is 0 Å². The average Bonchev–Trinajstić information content (AvgIpc) is 3.07. The van der Waals surface area contributed by atoms with Crippen LogP contribution >= 0.6 is 11.3 Å². The number of rotatable bonds is 10. The Bertz CT molecular complexity index is 762. The summed E-state index contributed by atoms with van der Waals surface area (Å²) in [7, 11) is -3.84. The molecule has 1 aromatic heterocycles. The summed E-state index contributed by atoms with van der Waals surface area (Å²) in [6.07, 6.45) is 4.65. The third kappa shape index (κ3) is 5.68. The minimum absolute atomic E-state index is 0.0861. The van der Waals surface area contributed by atoms with E-state index in [0.717, 1.165) is 31.2 Å². The predicted octanol–water partition coefficient (Wildman–Crippen LogP) is 4.48. The molecule has 0 aliphatic rings. The molecule has 2 rings (SSSR count). The molecule has 136 valence electrons. The van der Waals surface area contributed by atoms with Gasteiger partial charge in [0, 0.05) is 0 Å². The first-order valence-corrected chi connectivity index (χ1v) is 10.9. The van der Waals surface area contributed by atoms with Gasteiger partial charge in [-0.25, -0.2) is 8.42 Å². The van der Waals surface area contributed by atoms with Crippen molar-refractivity contribution in [1.29, 1.82) is 0 Å². The van der Waals surface area contributed by atoms with Crippen molar-refractivity contribution in [3.63, 3.8) is 0 Å². The number of carbonyl (C=O) groups is 1. The zero-order valence-electron chi connectivity index (χ0n) is 14.3. The van der Waals surface area contributed by atoms with Crippen LogP contribution in [0.1, 0.15) is 43.2 Å². The minimum Gasteiger partial charge on any atom is -0.480 e. The maximum Gasteiger partial charge on any atom is 0.322 e. The SMILES string of the molecule is Cc1ccc(S(=O)(=O)C(CCCCCCc2ccsc2)C(=O)O)cc1. The molecule has 0 radical (unpaired) electrons. The van der Waals surface area contributed by atoms with E-state index in [1.807, 2.05) is 6.92 Å². The van der Waals surface area contributed by atoms with E-state index in [4.69, 9.17) is 0 Å². The van der Waals surface area contributed by atoms with E-state index in [1.54, 1.807) is 23.5 Å². The molecule has 0 spiro atoms. The maximum atomic E-state index is 12.6. The summed E-state index contributed by atoms with van der Waals surface area (Å²) >= 11 is 1.68. The van der Waals surface area contributed by atoms with Crippen molar-refractivity contribution in [2.75, 3.05) is 0 Å². The van der Waals surface area contributed by atoms with Gasteiger partial charge in [-0.15, -0.1) is 0 Å². The predicted molar refractivity (Wildman–Crippen MR) is 101 cm³/mol. The molecule has 0 bridgehead atoms. The van der Waals surface area contributed by atoms with Gasteiger partial charge in [-0.1, -0.05) is 37.0 Å². The molecule has 0 saturated carbocycles. The third-order valence-electron chi connectivity index (χ3n) is 4.26. The summed E-state index contributed by atoms with van der Waals surface area (Å²) in [4.78, 5) is 11.6. The standard InChI is InChI=1S/C19H24O4S2/c1-15-8-10-17(11-9-15)25(22,23)18(19(20)21)7-5-3-2-4-6-16-12-13-24-14-16/h8-14,18H,2-7H2,1H3,(H,20,21). The molecule has 4 nitrogen and oxygen atoms in total. The number of sulfone groups is 1. The fourth-order valence-electron chi connectivity index (χ4n) is 2.75. The summed E-state index contributed by atoms with van der Waals surface area (Å²) in [5.74, 6) is -1.26. The first kappa shape index (κ1) is 19.7. The molecular formula is C19H24O4S2. The number of aryl methyl sites for hydroxylation is 2. The van der Waals surface area contributed by atoms with Crippen LogP contribution in [0.4, 0.5) is 0 Å². The molecule has 1 N–H and O–H groups in total. The fourth-order valence-corrected chi connectivity index (χ4v) is 5.04. The van der Waals surface area contributed by atoms with E-state index < -0.39 is 21.1 Å². The Labute approximate surface area is 153 Å². The van der Waals surface area contributed by atoms with Gasteiger partial charge in [0.1, 0.15) is 0 Å². The van der Waals surface area contributed by atoms with E-state index in [9.17, 15) is 18.3 Å². The Kier molecular flexibility index (Phi) is 7.20. The van der Waals surface area contributed by atoms with Crippen LogP contribution in [0.15, 0.2) is 46.0 Å². The zero-order valence-corrected chi connectivity index (χ0v) is 16.0. The van der Waals surface area contributed by atoms with Gasteiger partial charge in [0.05, 0.1) is 4.90 Å². The van der Waals surface area contributed by atoms with Crippen LogP contribution in [0, 0.1) is 6.92 Å². The Morgan fingerprint density at radius 2 is 1.76 bits per heavy atom. The van der Waals surface area contributed by atoms with Crippen molar-refractivity contribution >= 4 is 27.1 Å². The highest BCUT2D eigenvalue weighted by Gasteiger charge is 2.33. The summed E-state index contributed by atoms with van der Waals surface area (Å²) in [6.45, 7) is 1.86. The van der Waals surface area contributed by atoms with Crippen LogP contribution in [0.25, 0.3) is 0 Å². The number of aliphatic carboxylic acids is 1. The van der Waals surface area contributed by atoms with Crippen LogP contribution in [0.3, 0.4) is 0 Å². The second-order valence-corrected chi connectivity index (χ2v) is 9.18. The second kappa shape index (κ2) is 9.15. The van der Waals surface area contributed by atoms with Crippen molar-refractivity contribution in [2.45, 2.75) is 55.6 Å². The van der Waals surface area contributed by atoms with Gasteiger partial charge in [-0.2, -0.15) is 11.3 Å². The Morgan fingerprint density at radius 3 is 2.36 bits per heavy atom. The highest BCUT2D eigenvalue weighted by Crippen LogP contribution is 2.22. The topological polar surface area (TPSA) is 71.4 Å². The minimum atomic E-state index is -3.84. The van der Waals surface area contributed by atoms with E-state index >= 15 is 0 Å². The van der Waals surface area contributed by atoms with Crippen LogP contribution in [-0.2, 0) is 21.1 Å². The normalized spacial score (nSPS) is 12.8. The molecule has 1 unspecified atom stereocenters. The van der Waals surface area contributed by atoms with E-state index in [-0.39, 0.29) is 11.3 Å². The molecule has 0 saturated heterocycles. The molecular weight excluding hydrogens is 356 g/mol. The van der Waals surface area contributed by atoms with Crippen LogP contribution < -0.4 is 0 Å². The number of thiophene rings is 1. The van der Waals surface area contributed by atoms with Crippen molar-refractivity contribution in [1.82, 2.24) is 0 Å². The van der Waals surface area contributed by atoms with Crippen LogP contribution in [-0.4, -0.2) is 24.7 Å². The third-order valence-corrected chi connectivity index (χ3v) is 7.11. The Hall–Kier alpha value is -1.66. The lowest BCUT2D eigenvalue weighted by atomic mass is 10.1. The quantitative estimate of drug-likeness (QED) is 0.617. The lowest BCUT2D eigenvalue weighted by Gasteiger charge is -2.14. The molecule has 0 fully saturated rings. The monoisotopic (exact) mass is 380 g/mol.